The fourth-order valence-electron chi connectivity index (χ4n) is 3.53. The Hall–Kier alpha value is -1.95. The number of benzene rings is 1. The summed E-state index contributed by atoms with van der Waals surface area (Å²) in [5.74, 6) is -0.516. The van der Waals surface area contributed by atoms with E-state index >= 15 is 0 Å². The molecule has 0 unspecified atom stereocenters. The van der Waals surface area contributed by atoms with Gasteiger partial charge in [-0.05, 0) is 31.9 Å². The molecule has 0 bridgehead atoms. The van der Waals surface area contributed by atoms with Crippen molar-refractivity contribution in [3.63, 3.8) is 0 Å². The Morgan fingerprint density at radius 3 is 2.33 bits per heavy atom. The summed E-state index contributed by atoms with van der Waals surface area (Å²) in [4.78, 5) is 30.1. The fourth-order valence-corrected chi connectivity index (χ4v) is 3.53. The summed E-state index contributed by atoms with van der Waals surface area (Å²) in [5.41, 5.74) is 0.826. The van der Waals surface area contributed by atoms with Crippen LogP contribution < -0.4 is 4.90 Å². The molecular formula is C18H24FN3O2. The Morgan fingerprint density at radius 2 is 1.71 bits per heavy atom. The Balaban J connectivity index is 1.60. The molecule has 0 saturated carbocycles. The van der Waals surface area contributed by atoms with Crippen LogP contribution in [0.25, 0.3) is 0 Å². The first-order valence-corrected chi connectivity index (χ1v) is 8.61. The van der Waals surface area contributed by atoms with E-state index in [-0.39, 0.29) is 17.3 Å². The van der Waals surface area contributed by atoms with Gasteiger partial charge in [-0.3, -0.25) is 14.5 Å². The lowest BCUT2D eigenvalue weighted by molar-refractivity contribution is -0.131. The third-order valence-electron chi connectivity index (χ3n) is 4.87. The van der Waals surface area contributed by atoms with Crippen LogP contribution in [-0.4, -0.2) is 67.3 Å². The van der Waals surface area contributed by atoms with Crippen molar-refractivity contribution in [2.24, 2.45) is 0 Å². The molecule has 5 nitrogen and oxygen atoms in total. The summed E-state index contributed by atoms with van der Waals surface area (Å²) in [5, 5.41) is 0. The van der Waals surface area contributed by atoms with Crippen LogP contribution in [0, 0.1) is 5.82 Å². The van der Waals surface area contributed by atoms with Gasteiger partial charge >= 0.3 is 0 Å². The van der Waals surface area contributed by atoms with Crippen molar-refractivity contribution in [1.82, 2.24) is 9.80 Å². The molecule has 3 rings (SSSR count). The number of Topliss-reactive ketones (excluding diaryl/α,β-unsaturated/α-hetero) is 1. The van der Waals surface area contributed by atoms with E-state index in [1.165, 1.54) is 13.0 Å². The zero-order valence-corrected chi connectivity index (χ0v) is 14.1. The van der Waals surface area contributed by atoms with Crippen molar-refractivity contribution >= 4 is 17.4 Å². The van der Waals surface area contributed by atoms with Crippen LogP contribution >= 0.6 is 0 Å². The fraction of sp³-hybridized carbons (Fsp3) is 0.556. The standard InChI is InChI=1S/C18H24FN3O2/c1-14(23)18-15(19)5-4-6-16(18)21-11-9-20(10-12-21)13-17(24)22-7-2-3-8-22/h4-6H,2-3,7-13H2,1H3. The number of halogens is 1. The number of likely N-dealkylation sites (tertiary alicyclic amines) is 1. The van der Waals surface area contributed by atoms with Crippen molar-refractivity contribution in [2.75, 3.05) is 50.7 Å². The van der Waals surface area contributed by atoms with Crippen LogP contribution in [-0.2, 0) is 4.79 Å². The molecule has 2 aliphatic heterocycles. The van der Waals surface area contributed by atoms with Crippen molar-refractivity contribution in [3.8, 4) is 0 Å². The second kappa shape index (κ2) is 7.30. The molecule has 1 aromatic carbocycles. The number of anilines is 1. The van der Waals surface area contributed by atoms with Gasteiger partial charge in [0.15, 0.2) is 5.78 Å². The molecule has 24 heavy (non-hydrogen) atoms. The summed E-state index contributed by atoms with van der Waals surface area (Å²) in [6.07, 6.45) is 2.21. The predicted molar refractivity (Wildman–Crippen MR) is 90.9 cm³/mol. The highest BCUT2D eigenvalue weighted by Gasteiger charge is 2.25. The third kappa shape index (κ3) is 3.59. The highest BCUT2D eigenvalue weighted by Crippen LogP contribution is 2.25. The topological polar surface area (TPSA) is 43.9 Å². The maximum Gasteiger partial charge on any atom is 0.236 e. The summed E-state index contributed by atoms with van der Waals surface area (Å²) in [6.45, 7) is 6.48. The number of amides is 1. The number of hydrogen-bond donors (Lipinski definition) is 0. The van der Waals surface area contributed by atoms with Crippen molar-refractivity contribution < 1.29 is 14.0 Å². The zero-order valence-electron chi connectivity index (χ0n) is 14.1. The molecule has 2 fully saturated rings. The molecule has 0 N–H and O–H groups in total. The minimum Gasteiger partial charge on any atom is -0.368 e. The number of carbonyl (C=O) groups is 2. The first-order chi connectivity index (χ1) is 11.6. The lowest BCUT2D eigenvalue weighted by atomic mass is 10.1. The van der Waals surface area contributed by atoms with Gasteiger partial charge in [0.05, 0.1) is 17.8 Å². The molecule has 0 spiro atoms. The molecule has 2 heterocycles. The largest absolute Gasteiger partial charge is 0.368 e. The second-order valence-electron chi connectivity index (χ2n) is 6.54. The van der Waals surface area contributed by atoms with Gasteiger partial charge in [-0.2, -0.15) is 0 Å². The predicted octanol–water partition coefficient (Wildman–Crippen LogP) is 1.77. The SMILES string of the molecule is CC(=O)c1c(F)cccc1N1CCN(CC(=O)N2CCCC2)CC1. The highest BCUT2D eigenvalue weighted by atomic mass is 19.1. The molecule has 0 atom stereocenters. The van der Waals surface area contributed by atoms with Gasteiger partial charge in [0, 0.05) is 39.3 Å². The Labute approximate surface area is 142 Å². The lowest BCUT2D eigenvalue weighted by Crippen LogP contribution is -2.50. The molecule has 0 aliphatic carbocycles. The van der Waals surface area contributed by atoms with Gasteiger partial charge in [0.2, 0.25) is 5.91 Å². The van der Waals surface area contributed by atoms with Crippen molar-refractivity contribution in [2.45, 2.75) is 19.8 Å². The van der Waals surface area contributed by atoms with Crippen LogP contribution in [0.3, 0.4) is 0 Å². The Morgan fingerprint density at radius 1 is 1.04 bits per heavy atom. The Kier molecular flexibility index (Phi) is 5.14. The molecule has 0 aromatic heterocycles. The van der Waals surface area contributed by atoms with E-state index in [9.17, 15) is 14.0 Å². The van der Waals surface area contributed by atoms with Crippen LogP contribution in [0.2, 0.25) is 0 Å². The van der Waals surface area contributed by atoms with Crippen molar-refractivity contribution in [3.05, 3.63) is 29.6 Å². The third-order valence-corrected chi connectivity index (χ3v) is 4.87. The molecule has 0 radical (unpaired) electrons. The molecule has 6 heteroatoms. The number of hydrogen-bond acceptors (Lipinski definition) is 4. The molecule has 1 amide bonds. The van der Waals surface area contributed by atoms with Crippen LogP contribution in [0.4, 0.5) is 10.1 Å². The maximum absolute atomic E-state index is 14.0. The van der Waals surface area contributed by atoms with Gasteiger partial charge in [0.1, 0.15) is 5.82 Å². The minimum atomic E-state index is -0.466. The average molecular weight is 333 g/mol. The van der Waals surface area contributed by atoms with Crippen molar-refractivity contribution in [1.29, 1.82) is 0 Å². The first kappa shape index (κ1) is 16.9. The summed E-state index contributed by atoms with van der Waals surface area (Å²) in [6, 6.07) is 4.76. The van der Waals surface area contributed by atoms with Gasteiger partial charge in [-0.15, -0.1) is 0 Å². The lowest BCUT2D eigenvalue weighted by Gasteiger charge is -2.37. The van der Waals surface area contributed by atoms with Crippen LogP contribution in [0.1, 0.15) is 30.1 Å². The van der Waals surface area contributed by atoms with Gasteiger partial charge in [-0.1, -0.05) is 6.07 Å². The van der Waals surface area contributed by atoms with Gasteiger partial charge < -0.3 is 9.80 Å². The molecule has 2 aliphatic rings. The molecule has 1 aromatic rings. The normalized spacial score (nSPS) is 18.9. The Bertz CT molecular complexity index is 621. The van der Waals surface area contributed by atoms with Gasteiger partial charge in [-0.25, -0.2) is 4.39 Å². The number of rotatable bonds is 4. The van der Waals surface area contributed by atoms with E-state index in [0.717, 1.165) is 39.0 Å². The summed E-state index contributed by atoms with van der Waals surface area (Å²) >= 11 is 0. The molecule has 2 saturated heterocycles. The number of carbonyl (C=O) groups excluding carboxylic acids is 2. The van der Waals surface area contributed by atoms with Crippen LogP contribution in [0.5, 0.6) is 0 Å². The summed E-state index contributed by atoms with van der Waals surface area (Å²) < 4.78 is 14.0. The number of ketones is 1. The number of piperazine rings is 1. The highest BCUT2D eigenvalue weighted by molar-refractivity contribution is 6.00. The average Bonchev–Trinajstić information content (AvgIpc) is 3.09. The second-order valence-corrected chi connectivity index (χ2v) is 6.54. The number of nitrogens with zero attached hydrogens (tertiary/aromatic N) is 3. The summed E-state index contributed by atoms with van der Waals surface area (Å²) in [7, 11) is 0. The molecule has 130 valence electrons. The first-order valence-electron chi connectivity index (χ1n) is 8.61. The van der Waals surface area contributed by atoms with Gasteiger partial charge in [0.25, 0.3) is 0 Å². The monoisotopic (exact) mass is 333 g/mol. The zero-order chi connectivity index (χ0) is 17.1. The smallest absolute Gasteiger partial charge is 0.236 e. The maximum atomic E-state index is 14.0. The molecular weight excluding hydrogens is 309 g/mol. The van der Waals surface area contributed by atoms with Crippen LogP contribution in [0.15, 0.2) is 18.2 Å². The van der Waals surface area contributed by atoms with E-state index < -0.39 is 5.82 Å². The minimum absolute atomic E-state index is 0.166. The van der Waals surface area contributed by atoms with E-state index in [1.807, 2.05) is 9.80 Å². The quantitative estimate of drug-likeness (QED) is 0.788. The van der Waals surface area contributed by atoms with E-state index in [2.05, 4.69) is 4.90 Å². The van der Waals surface area contributed by atoms with E-state index in [1.54, 1.807) is 12.1 Å². The van der Waals surface area contributed by atoms with E-state index in [0.29, 0.717) is 25.3 Å². The van der Waals surface area contributed by atoms with E-state index in [4.69, 9.17) is 0 Å².